The Morgan fingerprint density at radius 1 is 1.19 bits per heavy atom. The maximum atomic E-state index is 9.12. The predicted molar refractivity (Wildman–Crippen MR) is 90.4 cm³/mol. The molecule has 1 unspecified atom stereocenters. The SMILES string of the molecule is CCC(C)(/C=C/C=C\C=C(/C)O)C1Cc2ccccc2C1. The zero-order valence-corrected chi connectivity index (χ0v) is 13.3. The van der Waals surface area contributed by atoms with E-state index in [4.69, 9.17) is 5.11 Å². The average Bonchev–Trinajstić information content (AvgIpc) is 2.91. The topological polar surface area (TPSA) is 20.2 Å². The summed E-state index contributed by atoms with van der Waals surface area (Å²) in [6.07, 6.45) is 13.5. The first-order chi connectivity index (χ1) is 10.0. The largest absolute Gasteiger partial charge is 0.513 e. The molecule has 0 aromatic heterocycles. The fraction of sp³-hybridized carbons (Fsp3) is 0.400. The molecule has 0 spiro atoms. The first kappa shape index (κ1) is 15.6. The van der Waals surface area contributed by atoms with Crippen LogP contribution in [0.5, 0.6) is 0 Å². The summed E-state index contributed by atoms with van der Waals surface area (Å²) in [6, 6.07) is 8.83. The Morgan fingerprint density at radius 2 is 1.81 bits per heavy atom. The molecule has 2 rings (SSSR count). The third-order valence-corrected chi connectivity index (χ3v) is 4.78. The van der Waals surface area contributed by atoms with Gasteiger partial charge in [-0.1, -0.05) is 62.4 Å². The number of fused-ring (bicyclic) bond motifs is 1. The monoisotopic (exact) mass is 282 g/mol. The maximum absolute atomic E-state index is 9.12. The molecule has 1 atom stereocenters. The van der Waals surface area contributed by atoms with Gasteiger partial charge in [0.15, 0.2) is 0 Å². The smallest absolute Gasteiger partial charge is 0.0891 e. The number of aliphatic hydroxyl groups excluding tert-OH is 1. The molecular weight excluding hydrogens is 256 g/mol. The summed E-state index contributed by atoms with van der Waals surface area (Å²) in [6.45, 7) is 6.32. The summed E-state index contributed by atoms with van der Waals surface area (Å²) in [5.41, 5.74) is 3.26. The predicted octanol–water partition coefficient (Wildman–Crippen LogP) is 5.39. The second-order valence-corrected chi connectivity index (χ2v) is 6.29. The van der Waals surface area contributed by atoms with Crippen molar-refractivity contribution in [1.82, 2.24) is 0 Å². The lowest BCUT2D eigenvalue weighted by Crippen LogP contribution is -2.25. The van der Waals surface area contributed by atoms with E-state index in [-0.39, 0.29) is 5.41 Å². The number of hydrogen-bond acceptors (Lipinski definition) is 1. The number of rotatable bonds is 5. The first-order valence-corrected chi connectivity index (χ1v) is 7.83. The van der Waals surface area contributed by atoms with E-state index in [9.17, 15) is 0 Å². The second kappa shape index (κ2) is 6.80. The van der Waals surface area contributed by atoms with Crippen molar-refractivity contribution < 1.29 is 5.11 Å². The molecule has 1 heteroatoms. The van der Waals surface area contributed by atoms with Crippen LogP contribution in [-0.4, -0.2) is 5.11 Å². The normalized spacial score (nSPS) is 19.3. The Kier molecular flexibility index (Phi) is 5.06. The molecule has 1 nitrogen and oxygen atoms in total. The molecule has 21 heavy (non-hydrogen) atoms. The summed E-state index contributed by atoms with van der Waals surface area (Å²) in [4.78, 5) is 0. The summed E-state index contributed by atoms with van der Waals surface area (Å²) >= 11 is 0. The Bertz CT molecular complexity index is 536. The van der Waals surface area contributed by atoms with Gasteiger partial charge in [-0.25, -0.2) is 0 Å². The van der Waals surface area contributed by atoms with Gasteiger partial charge in [-0.05, 0) is 54.7 Å². The van der Waals surface area contributed by atoms with Crippen LogP contribution in [0.15, 0.2) is 60.4 Å². The van der Waals surface area contributed by atoms with E-state index in [2.05, 4.69) is 50.3 Å². The number of benzene rings is 1. The van der Waals surface area contributed by atoms with Crippen LogP contribution in [0.3, 0.4) is 0 Å². The minimum Gasteiger partial charge on any atom is -0.513 e. The second-order valence-electron chi connectivity index (χ2n) is 6.29. The summed E-state index contributed by atoms with van der Waals surface area (Å²) in [7, 11) is 0. The summed E-state index contributed by atoms with van der Waals surface area (Å²) in [5, 5.41) is 9.12. The fourth-order valence-electron chi connectivity index (χ4n) is 3.10. The van der Waals surface area contributed by atoms with Gasteiger partial charge >= 0.3 is 0 Å². The Balaban J connectivity index is 2.07. The summed E-state index contributed by atoms with van der Waals surface area (Å²) in [5.74, 6) is 1.02. The van der Waals surface area contributed by atoms with Crippen LogP contribution < -0.4 is 0 Å². The lowest BCUT2D eigenvalue weighted by Gasteiger charge is -2.31. The van der Waals surface area contributed by atoms with Crippen molar-refractivity contribution in [3.8, 4) is 0 Å². The van der Waals surface area contributed by atoms with Crippen molar-refractivity contribution in [1.29, 1.82) is 0 Å². The zero-order chi connectivity index (χ0) is 15.3. The van der Waals surface area contributed by atoms with E-state index < -0.39 is 0 Å². The zero-order valence-electron chi connectivity index (χ0n) is 13.3. The number of aliphatic hydroxyl groups is 1. The molecule has 1 aromatic carbocycles. The van der Waals surface area contributed by atoms with E-state index in [1.165, 1.54) is 24.0 Å². The lowest BCUT2D eigenvalue weighted by molar-refractivity contribution is 0.255. The highest BCUT2D eigenvalue weighted by Gasteiger charge is 2.34. The molecule has 1 aromatic rings. The molecule has 0 heterocycles. The number of allylic oxidation sites excluding steroid dienone is 6. The summed E-state index contributed by atoms with van der Waals surface area (Å²) < 4.78 is 0. The standard InChI is InChI=1S/C20H26O/c1-4-20(3,13-9-5-6-10-16(2)21)19-14-17-11-7-8-12-18(17)15-19/h5-13,19,21H,4,14-15H2,1-3H3/b6-5-,13-9+,16-10+. The molecule has 0 saturated carbocycles. The van der Waals surface area contributed by atoms with Gasteiger partial charge in [0.1, 0.15) is 0 Å². The molecule has 0 saturated heterocycles. The van der Waals surface area contributed by atoms with Gasteiger partial charge in [-0.2, -0.15) is 0 Å². The van der Waals surface area contributed by atoms with Gasteiger partial charge in [0.25, 0.3) is 0 Å². The number of hydrogen-bond donors (Lipinski definition) is 1. The lowest BCUT2D eigenvalue weighted by atomic mass is 9.73. The molecule has 1 N–H and O–H groups in total. The Labute approximate surface area is 128 Å². The van der Waals surface area contributed by atoms with Crippen molar-refractivity contribution in [2.45, 2.75) is 40.0 Å². The Hall–Kier alpha value is -1.76. The first-order valence-electron chi connectivity index (χ1n) is 7.83. The van der Waals surface area contributed by atoms with Crippen LogP contribution in [0.2, 0.25) is 0 Å². The minimum absolute atomic E-state index is 0.224. The van der Waals surface area contributed by atoms with Crippen molar-refractivity contribution in [3.05, 3.63) is 71.5 Å². The molecule has 0 amide bonds. The van der Waals surface area contributed by atoms with Crippen LogP contribution in [0, 0.1) is 11.3 Å². The Morgan fingerprint density at radius 3 is 2.33 bits per heavy atom. The van der Waals surface area contributed by atoms with Crippen LogP contribution >= 0.6 is 0 Å². The van der Waals surface area contributed by atoms with Crippen molar-refractivity contribution in [3.63, 3.8) is 0 Å². The maximum Gasteiger partial charge on any atom is 0.0891 e. The van der Waals surface area contributed by atoms with E-state index in [0.717, 1.165) is 6.42 Å². The highest BCUT2D eigenvalue weighted by Crippen LogP contribution is 2.42. The van der Waals surface area contributed by atoms with E-state index >= 15 is 0 Å². The van der Waals surface area contributed by atoms with E-state index in [1.807, 2.05) is 12.2 Å². The van der Waals surface area contributed by atoms with E-state index in [1.54, 1.807) is 13.0 Å². The van der Waals surface area contributed by atoms with Crippen molar-refractivity contribution in [2.24, 2.45) is 11.3 Å². The van der Waals surface area contributed by atoms with Crippen molar-refractivity contribution in [2.75, 3.05) is 0 Å². The molecule has 1 aliphatic carbocycles. The van der Waals surface area contributed by atoms with Crippen LogP contribution in [0.1, 0.15) is 38.3 Å². The highest BCUT2D eigenvalue weighted by atomic mass is 16.3. The quantitative estimate of drug-likeness (QED) is 0.567. The minimum atomic E-state index is 0.224. The van der Waals surface area contributed by atoms with Gasteiger partial charge in [-0.15, -0.1) is 0 Å². The van der Waals surface area contributed by atoms with E-state index in [0.29, 0.717) is 11.7 Å². The van der Waals surface area contributed by atoms with Gasteiger partial charge < -0.3 is 5.11 Å². The fourth-order valence-corrected chi connectivity index (χ4v) is 3.10. The van der Waals surface area contributed by atoms with Crippen LogP contribution in [0.25, 0.3) is 0 Å². The molecular formula is C20H26O. The van der Waals surface area contributed by atoms with Gasteiger partial charge in [0.05, 0.1) is 5.76 Å². The van der Waals surface area contributed by atoms with Gasteiger partial charge in [0.2, 0.25) is 0 Å². The van der Waals surface area contributed by atoms with Crippen LogP contribution in [0.4, 0.5) is 0 Å². The molecule has 0 radical (unpaired) electrons. The average molecular weight is 282 g/mol. The van der Waals surface area contributed by atoms with Crippen molar-refractivity contribution >= 4 is 0 Å². The van der Waals surface area contributed by atoms with Gasteiger partial charge in [-0.3, -0.25) is 0 Å². The third-order valence-electron chi connectivity index (χ3n) is 4.78. The molecule has 112 valence electrons. The highest BCUT2D eigenvalue weighted by molar-refractivity contribution is 5.33. The molecule has 0 bridgehead atoms. The third kappa shape index (κ3) is 3.87. The van der Waals surface area contributed by atoms with Gasteiger partial charge in [0, 0.05) is 0 Å². The molecule has 0 fully saturated rings. The van der Waals surface area contributed by atoms with Crippen LogP contribution in [-0.2, 0) is 12.8 Å². The molecule has 0 aliphatic heterocycles. The molecule has 1 aliphatic rings.